The number of hydrogen-bond donors (Lipinski definition) is 0. The van der Waals surface area contributed by atoms with E-state index in [9.17, 15) is 4.79 Å². The number of allylic oxidation sites excluding steroid dienone is 3. The summed E-state index contributed by atoms with van der Waals surface area (Å²) in [6.07, 6.45) is 14.6. The lowest BCUT2D eigenvalue weighted by atomic mass is 9.51. The first-order chi connectivity index (χ1) is 12.8. The highest BCUT2D eigenvalue weighted by atomic mass is 16.3. The molecular formula is C25H36O2. The van der Waals surface area contributed by atoms with E-state index in [-0.39, 0.29) is 16.6 Å². The van der Waals surface area contributed by atoms with Gasteiger partial charge in [-0.3, -0.25) is 4.79 Å². The zero-order valence-corrected chi connectivity index (χ0v) is 17.6. The Hall–Kier alpha value is -1.57. The van der Waals surface area contributed by atoms with Crippen molar-refractivity contribution in [1.82, 2.24) is 0 Å². The van der Waals surface area contributed by atoms with Crippen LogP contribution in [0.2, 0.25) is 0 Å². The molecule has 3 rings (SSSR count). The Kier molecular flexibility index (Phi) is 5.84. The zero-order valence-electron chi connectivity index (χ0n) is 17.6. The fourth-order valence-corrected chi connectivity index (χ4v) is 5.66. The van der Waals surface area contributed by atoms with Crippen molar-refractivity contribution in [3.8, 4) is 0 Å². The summed E-state index contributed by atoms with van der Waals surface area (Å²) < 4.78 is 5.14. The number of fused-ring (bicyclic) bond motifs is 1. The molecule has 4 atom stereocenters. The third-order valence-corrected chi connectivity index (χ3v) is 7.64. The maximum Gasteiger partial charge on any atom is 0.166 e. The molecule has 0 unspecified atom stereocenters. The van der Waals surface area contributed by atoms with Gasteiger partial charge in [0.15, 0.2) is 5.78 Å². The average Bonchev–Trinajstić information content (AvgIpc) is 3.13. The summed E-state index contributed by atoms with van der Waals surface area (Å²) in [6.45, 7) is 13.5. The Morgan fingerprint density at radius 1 is 1.33 bits per heavy atom. The maximum atomic E-state index is 12.8. The Bertz CT molecular complexity index is 711. The summed E-state index contributed by atoms with van der Waals surface area (Å²) >= 11 is 0. The predicted octanol–water partition coefficient (Wildman–Crippen LogP) is 7.38. The summed E-state index contributed by atoms with van der Waals surface area (Å²) in [6, 6.07) is 1.80. The summed E-state index contributed by atoms with van der Waals surface area (Å²) in [5, 5.41) is 0. The third-order valence-electron chi connectivity index (χ3n) is 7.64. The van der Waals surface area contributed by atoms with Crippen LogP contribution in [0.5, 0.6) is 0 Å². The molecule has 0 radical (unpaired) electrons. The van der Waals surface area contributed by atoms with Crippen LogP contribution in [-0.4, -0.2) is 5.78 Å². The van der Waals surface area contributed by atoms with Gasteiger partial charge in [-0.25, -0.2) is 0 Å². The van der Waals surface area contributed by atoms with Gasteiger partial charge in [0, 0.05) is 6.42 Å². The van der Waals surface area contributed by atoms with Crippen molar-refractivity contribution in [2.24, 2.45) is 22.7 Å². The van der Waals surface area contributed by atoms with E-state index >= 15 is 0 Å². The number of ketones is 1. The molecule has 148 valence electrons. The van der Waals surface area contributed by atoms with Crippen LogP contribution >= 0.6 is 0 Å². The molecule has 0 N–H and O–H groups in total. The molecule has 1 heterocycles. The predicted molar refractivity (Wildman–Crippen MR) is 112 cm³/mol. The normalized spacial score (nSPS) is 33.3. The van der Waals surface area contributed by atoms with Crippen LogP contribution in [0.1, 0.15) is 89.4 Å². The van der Waals surface area contributed by atoms with Crippen LogP contribution in [0.15, 0.2) is 46.8 Å². The van der Waals surface area contributed by atoms with Gasteiger partial charge in [-0.2, -0.15) is 0 Å². The first-order valence-corrected chi connectivity index (χ1v) is 10.7. The van der Waals surface area contributed by atoms with Gasteiger partial charge in [0.2, 0.25) is 0 Å². The van der Waals surface area contributed by atoms with Crippen LogP contribution in [0.3, 0.4) is 0 Å². The number of hydrogen-bond acceptors (Lipinski definition) is 2. The van der Waals surface area contributed by atoms with Gasteiger partial charge in [-0.15, -0.1) is 6.58 Å². The highest BCUT2D eigenvalue weighted by Crippen LogP contribution is 2.59. The van der Waals surface area contributed by atoms with Crippen LogP contribution in [0, 0.1) is 22.7 Å². The van der Waals surface area contributed by atoms with Crippen molar-refractivity contribution in [3.63, 3.8) is 0 Å². The van der Waals surface area contributed by atoms with Gasteiger partial charge in [0.25, 0.3) is 0 Å². The monoisotopic (exact) mass is 368 g/mol. The number of rotatable bonds is 7. The summed E-state index contributed by atoms with van der Waals surface area (Å²) in [7, 11) is 0. The lowest BCUT2D eigenvalue weighted by molar-refractivity contribution is 0.0561. The highest BCUT2D eigenvalue weighted by molar-refractivity contribution is 5.96. The van der Waals surface area contributed by atoms with Crippen LogP contribution in [0.25, 0.3) is 0 Å². The van der Waals surface area contributed by atoms with Crippen molar-refractivity contribution in [1.29, 1.82) is 0 Å². The fourth-order valence-electron chi connectivity index (χ4n) is 5.66. The van der Waals surface area contributed by atoms with Crippen LogP contribution in [0.4, 0.5) is 0 Å². The van der Waals surface area contributed by atoms with Gasteiger partial charge in [0.1, 0.15) is 6.26 Å². The minimum Gasteiger partial charge on any atom is -0.472 e. The van der Waals surface area contributed by atoms with Crippen molar-refractivity contribution in [2.45, 2.75) is 79.1 Å². The number of Topliss-reactive ketones (excluding diaryl/α,β-unsaturated/α-hetero) is 1. The van der Waals surface area contributed by atoms with E-state index in [1.54, 1.807) is 24.2 Å². The number of carbonyl (C=O) groups excluding carboxylic acids is 1. The molecule has 27 heavy (non-hydrogen) atoms. The largest absolute Gasteiger partial charge is 0.472 e. The van der Waals surface area contributed by atoms with Gasteiger partial charge in [-0.05, 0) is 80.6 Å². The second-order valence-electron chi connectivity index (χ2n) is 9.72. The lowest BCUT2D eigenvalue weighted by Gasteiger charge is -2.54. The number of carbonyl (C=O) groups is 1. The molecule has 1 aromatic rings. The van der Waals surface area contributed by atoms with E-state index in [1.165, 1.54) is 31.3 Å². The molecule has 2 heteroatoms. The Labute approximate surface area is 165 Å². The SMILES string of the molecule is C=C(C)CCC[C@]1(C)C2=CCC[C@](C)(CC(=O)c3ccoc3)[C@H]2CC[C@H]1C. The van der Waals surface area contributed by atoms with Crippen molar-refractivity contribution in [3.05, 3.63) is 48.0 Å². The van der Waals surface area contributed by atoms with Gasteiger partial charge >= 0.3 is 0 Å². The standard InChI is InChI=1S/C25H36O2/c1-18(2)8-6-14-25(5)19(3)10-11-21-22(25)9-7-13-24(21,4)16-23(26)20-12-15-27-17-20/h9,12,15,17,19,21H,1,6-8,10-11,13-14,16H2,2-5H3/t19-,21+,24-,25+/m1/s1. The minimum atomic E-state index is 0.0637. The van der Waals surface area contributed by atoms with E-state index in [1.807, 2.05) is 0 Å². The van der Waals surface area contributed by atoms with Gasteiger partial charge in [0.05, 0.1) is 11.8 Å². The van der Waals surface area contributed by atoms with E-state index in [0.717, 1.165) is 24.8 Å². The molecule has 0 spiro atoms. The molecule has 1 saturated carbocycles. The Morgan fingerprint density at radius 3 is 2.78 bits per heavy atom. The number of furan rings is 1. The van der Waals surface area contributed by atoms with Crippen LogP contribution in [-0.2, 0) is 0 Å². The smallest absolute Gasteiger partial charge is 0.166 e. The van der Waals surface area contributed by atoms with E-state index in [4.69, 9.17) is 4.42 Å². The van der Waals surface area contributed by atoms with Crippen LogP contribution < -0.4 is 0 Å². The third kappa shape index (κ3) is 4.00. The molecule has 2 aliphatic carbocycles. The molecule has 0 amide bonds. The average molecular weight is 369 g/mol. The second-order valence-corrected chi connectivity index (χ2v) is 9.72. The second kappa shape index (κ2) is 7.81. The molecule has 0 aromatic carbocycles. The molecule has 0 aliphatic heterocycles. The van der Waals surface area contributed by atoms with E-state index < -0.39 is 0 Å². The molecule has 0 saturated heterocycles. The fraction of sp³-hybridized carbons (Fsp3) is 0.640. The maximum absolute atomic E-state index is 12.8. The summed E-state index contributed by atoms with van der Waals surface area (Å²) in [4.78, 5) is 12.8. The van der Waals surface area contributed by atoms with Gasteiger partial charge < -0.3 is 4.42 Å². The molecule has 0 bridgehead atoms. The van der Waals surface area contributed by atoms with E-state index in [0.29, 0.717) is 18.3 Å². The summed E-state index contributed by atoms with van der Waals surface area (Å²) in [5.74, 6) is 1.47. The lowest BCUT2D eigenvalue weighted by Crippen LogP contribution is -2.44. The quantitative estimate of drug-likeness (QED) is 0.371. The first kappa shape index (κ1) is 20.2. The topological polar surface area (TPSA) is 30.2 Å². The molecule has 2 nitrogen and oxygen atoms in total. The van der Waals surface area contributed by atoms with Crippen molar-refractivity contribution < 1.29 is 9.21 Å². The molecule has 1 fully saturated rings. The zero-order chi connectivity index (χ0) is 19.7. The molecule has 2 aliphatic rings. The van der Waals surface area contributed by atoms with Gasteiger partial charge in [-0.1, -0.05) is 38.0 Å². The highest BCUT2D eigenvalue weighted by Gasteiger charge is 2.49. The first-order valence-electron chi connectivity index (χ1n) is 10.7. The summed E-state index contributed by atoms with van der Waals surface area (Å²) in [5.41, 5.74) is 3.98. The Morgan fingerprint density at radius 2 is 2.11 bits per heavy atom. The van der Waals surface area contributed by atoms with Crippen molar-refractivity contribution in [2.75, 3.05) is 0 Å². The minimum absolute atomic E-state index is 0.0637. The molecule has 1 aromatic heterocycles. The van der Waals surface area contributed by atoms with Crippen molar-refractivity contribution >= 4 is 5.78 Å². The Balaban J connectivity index is 1.81. The molecular weight excluding hydrogens is 332 g/mol. The van der Waals surface area contributed by atoms with E-state index in [2.05, 4.69) is 40.3 Å².